The molecule has 1 aromatic heterocycles. The lowest BCUT2D eigenvalue weighted by Crippen LogP contribution is -2.13. The Hall–Kier alpha value is -1.13. The Morgan fingerprint density at radius 2 is 2.00 bits per heavy atom. The van der Waals surface area contributed by atoms with Crippen molar-refractivity contribution >= 4 is 33.2 Å². The van der Waals surface area contributed by atoms with Gasteiger partial charge < -0.3 is 5.11 Å². The normalized spacial score (nSPS) is 12.3. The number of carbonyl (C=O) groups is 1. The molecule has 1 heterocycles. The van der Waals surface area contributed by atoms with Gasteiger partial charge in [0.25, 0.3) is 0 Å². The minimum Gasteiger partial charge on any atom is -0.481 e. The maximum atomic E-state index is 11.3. The highest BCUT2D eigenvalue weighted by atomic mass is 79.9. The maximum Gasteiger partial charge on any atom is 0.311 e. The summed E-state index contributed by atoms with van der Waals surface area (Å²) in [4.78, 5) is 11.3. The molecular formula is C13H11BrO2S. The maximum absolute atomic E-state index is 11.3. The van der Waals surface area contributed by atoms with Gasteiger partial charge in [-0.05, 0) is 46.5 Å². The van der Waals surface area contributed by atoms with Crippen LogP contribution in [0.15, 0.2) is 45.6 Å². The van der Waals surface area contributed by atoms with Crippen molar-refractivity contribution in [2.24, 2.45) is 0 Å². The molecule has 88 valence electrons. The van der Waals surface area contributed by atoms with E-state index in [0.29, 0.717) is 6.42 Å². The third-order valence-electron chi connectivity index (χ3n) is 2.60. The van der Waals surface area contributed by atoms with Gasteiger partial charge in [0.2, 0.25) is 0 Å². The standard InChI is InChI=1S/C13H11BrO2S/c14-11-3-1-9(2-4-11)7-12(13(15)16)10-5-6-17-8-10/h1-6,8,12H,7H2,(H,15,16). The molecule has 2 aromatic rings. The molecule has 0 spiro atoms. The minimum atomic E-state index is -0.772. The molecule has 1 unspecified atom stereocenters. The molecule has 0 bridgehead atoms. The van der Waals surface area contributed by atoms with Crippen molar-refractivity contribution in [1.29, 1.82) is 0 Å². The Morgan fingerprint density at radius 3 is 2.53 bits per heavy atom. The number of hydrogen-bond donors (Lipinski definition) is 1. The predicted molar refractivity (Wildman–Crippen MR) is 72.5 cm³/mol. The second-order valence-corrected chi connectivity index (χ2v) is 5.47. The number of carboxylic acid groups (broad SMARTS) is 1. The van der Waals surface area contributed by atoms with Gasteiger partial charge >= 0.3 is 5.97 Å². The summed E-state index contributed by atoms with van der Waals surface area (Å²) in [6.07, 6.45) is 0.527. The van der Waals surface area contributed by atoms with Gasteiger partial charge in [-0.2, -0.15) is 11.3 Å². The van der Waals surface area contributed by atoms with Gasteiger partial charge in [0.15, 0.2) is 0 Å². The van der Waals surface area contributed by atoms with E-state index in [1.165, 1.54) is 11.3 Å². The third-order valence-corrected chi connectivity index (χ3v) is 3.83. The van der Waals surface area contributed by atoms with E-state index < -0.39 is 11.9 Å². The number of benzene rings is 1. The second-order valence-electron chi connectivity index (χ2n) is 3.78. The van der Waals surface area contributed by atoms with Crippen LogP contribution in [0.1, 0.15) is 17.0 Å². The molecule has 4 heteroatoms. The lowest BCUT2D eigenvalue weighted by molar-refractivity contribution is -0.138. The Kier molecular flexibility index (Phi) is 3.97. The quantitative estimate of drug-likeness (QED) is 0.929. The van der Waals surface area contributed by atoms with Crippen molar-refractivity contribution in [3.05, 3.63) is 56.7 Å². The zero-order valence-electron chi connectivity index (χ0n) is 8.97. The van der Waals surface area contributed by atoms with Crippen molar-refractivity contribution in [3.8, 4) is 0 Å². The van der Waals surface area contributed by atoms with Crippen molar-refractivity contribution in [1.82, 2.24) is 0 Å². The number of aliphatic carboxylic acids is 1. The molecule has 1 aromatic carbocycles. The Labute approximate surface area is 112 Å². The first-order chi connectivity index (χ1) is 8.16. The Morgan fingerprint density at radius 1 is 1.29 bits per heavy atom. The molecule has 2 nitrogen and oxygen atoms in total. The lowest BCUT2D eigenvalue weighted by atomic mass is 9.94. The number of halogens is 1. The van der Waals surface area contributed by atoms with Gasteiger partial charge in [-0.1, -0.05) is 28.1 Å². The fraction of sp³-hybridized carbons (Fsp3) is 0.154. The second kappa shape index (κ2) is 5.47. The zero-order valence-corrected chi connectivity index (χ0v) is 11.4. The summed E-state index contributed by atoms with van der Waals surface area (Å²) >= 11 is 4.89. The first-order valence-electron chi connectivity index (χ1n) is 5.16. The van der Waals surface area contributed by atoms with Crippen LogP contribution in [-0.2, 0) is 11.2 Å². The van der Waals surface area contributed by atoms with E-state index in [-0.39, 0.29) is 0 Å². The summed E-state index contributed by atoms with van der Waals surface area (Å²) in [6.45, 7) is 0. The Bertz CT molecular complexity index is 491. The van der Waals surface area contributed by atoms with Crippen LogP contribution in [0.4, 0.5) is 0 Å². The molecule has 0 saturated heterocycles. The topological polar surface area (TPSA) is 37.3 Å². The summed E-state index contributed by atoms with van der Waals surface area (Å²) in [5.41, 5.74) is 1.91. The van der Waals surface area contributed by atoms with E-state index in [1.54, 1.807) is 0 Å². The fourth-order valence-corrected chi connectivity index (χ4v) is 2.66. The molecule has 0 aliphatic rings. The fourth-order valence-electron chi connectivity index (χ4n) is 1.68. The summed E-state index contributed by atoms with van der Waals surface area (Å²) in [5, 5.41) is 13.1. The molecule has 1 atom stereocenters. The Balaban J connectivity index is 2.19. The first kappa shape index (κ1) is 12.3. The van der Waals surface area contributed by atoms with Gasteiger partial charge in [-0.25, -0.2) is 0 Å². The van der Waals surface area contributed by atoms with E-state index in [1.807, 2.05) is 41.1 Å². The molecule has 0 aliphatic carbocycles. The molecule has 0 fully saturated rings. The van der Waals surface area contributed by atoms with Gasteiger partial charge in [0.05, 0.1) is 5.92 Å². The van der Waals surface area contributed by atoms with Gasteiger partial charge in [0, 0.05) is 4.47 Å². The van der Waals surface area contributed by atoms with Crippen molar-refractivity contribution in [2.45, 2.75) is 12.3 Å². The van der Waals surface area contributed by atoms with E-state index in [4.69, 9.17) is 0 Å². The third kappa shape index (κ3) is 3.17. The summed E-state index contributed by atoms with van der Waals surface area (Å²) < 4.78 is 1.00. The van der Waals surface area contributed by atoms with Crippen molar-refractivity contribution in [2.75, 3.05) is 0 Å². The molecule has 0 aliphatic heterocycles. The van der Waals surface area contributed by atoms with Crippen LogP contribution in [0.5, 0.6) is 0 Å². The van der Waals surface area contributed by atoms with Crippen LogP contribution in [-0.4, -0.2) is 11.1 Å². The highest BCUT2D eigenvalue weighted by Gasteiger charge is 2.20. The van der Waals surface area contributed by atoms with E-state index in [0.717, 1.165) is 15.6 Å². The minimum absolute atomic E-state index is 0.456. The average molecular weight is 311 g/mol. The van der Waals surface area contributed by atoms with E-state index in [9.17, 15) is 9.90 Å². The summed E-state index contributed by atoms with van der Waals surface area (Å²) in [5.74, 6) is -1.23. The average Bonchev–Trinajstić information content (AvgIpc) is 2.81. The first-order valence-corrected chi connectivity index (χ1v) is 6.90. The number of thiophene rings is 1. The molecule has 0 saturated carbocycles. The van der Waals surface area contributed by atoms with Crippen LogP contribution < -0.4 is 0 Å². The molecule has 2 rings (SSSR count). The molecule has 1 N–H and O–H groups in total. The van der Waals surface area contributed by atoms with Gasteiger partial charge in [-0.3, -0.25) is 4.79 Å². The number of rotatable bonds is 4. The highest BCUT2D eigenvalue weighted by molar-refractivity contribution is 9.10. The largest absolute Gasteiger partial charge is 0.481 e. The van der Waals surface area contributed by atoms with Crippen molar-refractivity contribution in [3.63, 3.8) is 0 Å². The summed E-state index contributed by atoms with van der Waals surface area (Å²) in [6, 6.07) is 9.64. The summed E-state index contributed by atoms with van der Waals surface area (Å²) in [7, 11) is 0. The highest BCUT2D eigenvalue weighted by Crippen LogP contribution is 2.24. The number of hydrogen-bond acceptors (Lipinski definition) is 2. The molecule has 0 radical (unpaired) electrons. The molecular weight excluding hydrogens is 300 g/mol. The van der Waals surface area contributed by atoms with Crippen LogP contribution in [0.25, 0.3) is 0 Å². The van der Waals surface area contributed by atoms with Crippen molar-refractivity contribution < 1.29 is 9.90 Å². The van der Waals surface area contributed by atoms with E-state index >= 15 is 0 Å². The molecule has 0 amide bonds. The smallest absolute Gasteiger partial charge is 0.311 e. The zero-order chi connectivity index (χ0) is 12.3. The lowest BCUT2D eigenvalue weighted by Gasteiger charge is -2.10. The van der Waals surface area contributed by atoms with Gasteiger partial charge in [-0.15, -0.1) is 0 Å². The van der Waals surface area contributed by atoms with Crippen LogP contribution in [0.3, 0.4) is 0 Å². The van der Waals surface area contributed by atoms with Gasteiger partial charge in [0.1, 0.15) is 0 Å². The monoisotopic (exact) mass is 310 g/mol. The SMILES string of the molecule is O=C(O)C(Cc1ccc(Br)cc1)c1ccsc1. The van der Waals surface area contributed by atoms with Crippen LogP contribution in [0.2, 0.25) is 0 Å². The van der Waals surface area contributed by atoms with Crippen LogP contribution in [0, 0.1) is 0 Å². The number of carboxylic acids is 1. The van der Waals surface area contributed by atoms with Crippen LogP contribution >= 0.6 is 27.3 Å². The molecule has 17 heavy (non-hydrogen) atoms. The van der Waals surface area contributed by atoms with E-state index in [2.05, 4.69) is 15.9 Å². The predicted octanol–water partition coefficient (Wildman–Crippen LogP) is 3.92.